The normalized spacial score (nSPS) is 38.3. The number of hydrogen-bond donors (Lipinski definition) is 1. The number of ether oxygens (including phenoxy) is 1. The van der Waals surface area contributed by atoms with Crippen molar-refractivity contribution in [1.82, 2.24) is 30.0 Å². The van der Waals surface area contributed by atoms with Gasteiger partial charge < -0.3 is 24.8 Å². The van der Waals surface area contributed by atoms with Crippen LogP contribution in [0.3, 0.4) is 0 Å². The number of alkyl halides is 2. The zero-order valence-electron chi connectivity index (χ0n) is 24.9. The first kappa shape index (κ1) is 29.4. The number of anilines is 1. The number of likely N-dealkylation sites (tertiary alicyclic amines) is 1. The summed E-state index contributed by atoms with van der Waals surface area (Å²) in [5, 5.41) is 3.02. The molecule has 1 aromatic heterocycles. The molecule has 2 saturated carbocycles. The Labute approximate surface area is 257 Å². The number of Topliss-reactive ketones (excluding diaryl/α,β-unsaturated/α-hetero) is 1. The van der Waals surface area contributed by atoms with Crippen LogP contribution in [0.4, 0.5) is 10.3 Å². The van der Waals surface area contributed by atoms with E-state index in [9.17, 15) is 9.59 Å². The smallest absolute Gasteiger partial charge is 0.256 e. The van der Waals surface area contributed by atoms with Crippen molar-refractivity contribution < 1.29 is 18.7 Å². The summed E-state index contributed by atoms with van der Waals surface area (Å²) < 4.78 is 23.1. The topological polar surface area (TPSA) is 94.1 Å². The van der Waals surface area contributed by atoms with Crippen molar-refractivity contribution in [2.24, 2.45) is 5.92 Å². The van der Waals surface area contributed by atoms with Gasteiger partial charge in [0.05, 0.1) is 35.9 Å². The molecule has 9 unspecified atom stereocenters. The summed E-state index contributed by atoms with van der Waals surface area (Å²) >= 11 is 6.62. The number of morpholine rings is 1. The van der Waals surface area contributed by atoms with E-state index in [1.807, 2.05) is 0 Å². The number of nitrogens with zero attached hydrogens (tertiary/aromatic N) is 6. The lowest BCUT2D eigenvalue weighted by molar-refractivity contribution is -0.211. The molecule has 5 heterocycles. The van der Waals surface area contributed by atoms with Crippen LogP contribution < -0.4 is 10.2 Å². The number of halogens is 2. The quantitative estimate of drug-likeness (QED) is 0.381. The highest BCUT2D eigenvalue weighted by Gasteiger charge is 2.60. The van der Waals surface area contributed by atoms with Gasteiger partial charge in [-0.25, -0.2) is 14.4 Å². The molecule has 1 N–H and O–H groups in total. The number of fused-ring (bicyclic) bond motifs is 2. The number of ketones is 1. The predicted octanol–water partition coefficient (Wildman–Crippen LogP) is 1.99. The van der Waals surface area contributed by atoms with Crippen LogP contribution in [0.15, 0.2) is 30.2 Å². The molecule has 43 heavy (non-hydrogen) atoms. The lowest BCUT2D eigenvalue weighted by Crippen LogP contribution is -2.74. The summed E-state index contributed by atoms with van der Waals surface area (Å²) in [7, 11) is 2.12. The van der Waals surface area contributed by atoms with Crippen molar-refractivity contribution in [2.45, 2.75) is 92.9 Å². The molecule has 7 rings (SSSR count). The molecule has 234 valence electrons. The fourth-order valence-electron chi connectivity index (χ4n) is 8.60. The molecule has 2 aliphatic carbocycles. The third kappa shape index (κ3) is 5.55. The fraction of sp³-hybridized carbons (Fsp3) is 0.742. The van der Waals surface area contributed by atoms with Gasteiger partial charge in [-0.3, -0.25) is 14.5 Å². The van der Waals surface area contributed by atoms with E-state index < -0.39 is 24.2 Å². The number of piperazine rings is 1. The van der Waals surface area contributed by atoms with E-state index in [0.29, 0.717) is 51.1 Å². The standard InChI is InChI=1S/C31H43ClFN7O3/c1-37-11-2-4-20(37)7-10-34-30(42)22-18-40-24-6-5-19(32)16-25(24)43-29-26(40)21(28(22)41)17-23(33)27(29)38-12-14-39(15-13-38)31-35-8-3-9-36-31/h3,8-9,18-21,23-27,29H,2,4-7,10-17H2,1H3,(H,34,42). The van der Waals surface area contributed by atoms with E-state index in [4.69, 9.17) is 16.3 Å². The van der Waals surface area contributed by atoms with Crippen molar-refractivity contribution in [1.29, 1.82) is 0 Å². The number of rotatable bonds is 6. The van der Waals surface area contributed by atoms with Gasteiger partial charge in [0.25, 0.3) is 5.91 Å². The summed E-state index contributed by atoms with van der Waals surface area (Å²) in [4.78, 5) is 45.0. The molecule has 5 fully saturated rings. The van der Waals surface area contributed by atoms with Gasteiger partial charge in [0.15, 0.2) is 5.78 Å². The SMILES string of the molecule is CN1CCCC1CCNC(=O)C1=CN2C3CCC(Cl)CC3OC3C(N4CCN(c5ncccn5)CC4)C(F)CC(C1=O)C32. The average molecular weight is 616 g/mol. The van der Waals surface area contributed by atoms with Crippen LogP contribution in [0.5, 0.6) is 0 Å². The van der Waals surface area contributed by atoms with E-state index in [2.05, 4.69) is 41.9 Å². The van der Waals surface area contributed by atoms with Crippen molar-refractivity contribution in [3.8, 4) is 0 Å². The Kier molecular flexibility index (Phi) is 8.34. The Morgan fingerprint density at radius 2 is 1.88 bits per heavy atom. The molecule has 1 aromatic rings. The molecular weight excluding hydrogens is 573 g/mol. The largest absolute Gasteiger partial charge is 0.369 e. The Bertz CT molecular complexity index is 1220. The minimum absolute atomic E-state index is 0.00174. The maximum absolute atomic E-state index is 16.3. The van der Waals surface area contributed by atoms with Crippen LogP contribution in [0.2, 0.25) is 0 Å². The van der Waals surface area contributed by atoms with Gasteiger partial charge in [0.2, 0.25) is 5.95 Å². The van der Waals surface area contributed by atoms with Crippen molar-refractivity contribution in [3.63, 3.8) is 0 Å². The molecule has 4 aliphatic heterocycles. The van der Waals surface area contributed by atoms with Crippen LogP contribution in [-0.4, -0.2) is 131 Å². The number of aromatic nitrogens is 2. The molecule has 9 atom stereocenters. The first-order valence-electron chi connectivity index (χ1n) is 16.1. The minimum atomic E-state index is -1.25. The number of amides is 1. The minimum Gasteiger partial charge on any atom is -0.369 e. The van der Waals surface area contributed by atoms with E-state index in [1.54, 1.807) is 24.7 Å². The molecule has 0 bridgehead atoms. The fourth-order valence-corrected chi connectivity index (χ4v) is 8.90. The Morgan fingerprint density at radius 1 is 1.09 bits per heavy atom. The average Bonchev–Trinajstić information content (AvgIpc) is 3.43. The molecule has 0 spiro atoms. The molecule has 3 saturated heterocycles. The van der Waals surface area contributed by atoms with Crippen molar-refractivity contribution in [3.05, 3.63) is 30.2 Å². The first-order valence-corrected chi connectivity index (χ1v) is 16.5. The van der Waals surface area contributed by atoms with Crippen LogP contribution in [0.1, 0.15) is 44.9 Å². The Balaban J connectivity index is 1.11. The third-order valence-corrected chi connectivity index (χ3v) is 11.2. The summed E-state index contributed by atoms with van der Waals surface area (Å²) in [6.45, 7) is 4.28. The zero-order chi connectivity index (χ0) is 29.7. The van der Waals surface area contributed by atoms with E-state index in [1.165, 1.54) is 6.42 Å². The van der Waals surface area contributed by atoms with Gasteiger partial charge in [-0.05, 0) is 64.6 Å². The van der Waals surface area contributed by atoms with Gasteiger partial charge >= 0.3 is 0 Å². The van der Waals surface area contributed by atoms with Crippen LogP contribution in [0.25, 0.3) is 0 Å². The van der Waals surface area contributed by atoms with E-state index in [-0.39, 0.29) is 47.2 Å². The van der Waals surface area contributed by atoms with Crippen LogP contribution in [-0.2, 0) is 14.3 Å². The lowest BCUT2D eigenvalue weighted by Gasteiger charge is -2.61. The summed E-state index contributed by atoms with van der Waals surface area (Å²) in [5.74, 6) is -0.518. The second-order valence-corrected chi connectivity index (χ2v) is 13.8. The highest BCUT2D eigenvalue weighted by molar-refractivity contribution is 6.21. The molecule has 0 radical (unpaired) electrons. The number of carbonyl (C=O) groups excluding carboxylic acids is 2. The summed E-state index contributed by atoms with van der Waals surface area (Å²) in [6, 6.07) is 1.50. The van der Waals surface area contributed by atoms with Crippen LogP contribution >= 0.6 is 11.6 Å². The van der Waals surface area contributed by atoms with Crippen molar-refractivity contribution in [2.75, 3.05) is 51.2 Å². The van der Waals surface area contributed by atoms with Crippen molar-refractivity contribution >= 4 is 29.2 Å². The highest BCUT2D eigenvalue weighted by Crippen LogP contribution is 2.47. The van der Waals surface area contributed by atoms with Gasteiger partial charge in [0.1, 0.15) is 6.17 Å². The van der Waals surface area contributed by atoms with Gasteiger partial charge in [-0.15, -0.1) is 11.6 Å². The second-order valence-electron chi connectivity index (χ2n) is 13.2. The zero-order valence-corrected chi connectivity index (χ0v) is 25.6. The highest BCUT2D eigenvalue weighted by atomic mass is 35.5. The first-order chi connectivity index (χ1) is 20.9. The molecular formula is C31H43ClFN7O3. The maximum atomic E-state index is 16.3. The summed E-state index contributed by atoms with van der Waals surface area (Å²) in [6.07, 6.45) is 8.97. The molecule has 10 nitrogen and oxygen atoms in total. The number of nitrogens with one attached hydrogen (secondary N) is 1. The predicted molar refractivity (Wildman–Crippen MR) is 161 cm³/mol. The van der Waals surface area contributed by atoms with Gasteiger partial charge in [-0.2, -0.15) is 0 Å². The van der Waals surface area contributed by atoms with E-state index in [0.717, 1.165) is 32.2 Å². The molecule has 0 aromatic carbocycles. The number of hydrogen-bond acceptors (Lipinski definition) is 9. The van der Waals surface area contributed by atoms with E-state index >= 15 is 4.39 Å². The molecule has 1 amide bonds. The van der Waals surface area contributed by atoms with Crippen LogP contribution in [0, 0.1) is 5.92 Å². The lowest BCUT2D eigenvalue weighted by atomic mass is 9.69. The second kappa shape index (κ2) is 12.2. The maximum Gasteiger partial charge on any atom is 0.256 e. The molecule has 6 aliphatic rings. The molecule has 12 heteroatoms. The number of carbonyl (C=O) groups is 2. The monoisotopic (exact) mass is 615 g/mol. The Morgan fingerprint density at radius 3 is 2.63 bits per heavy atom. The Hall–Kier alpha value is -2.34. The third-order valence-electron chi connectivity index (χ3n) is 10.8. The van der Waals surface area contributed by atoms with Gasteiger partial charge in [0, 0.05) is 68.7 Å². The van der Waals surface area contributed by atoms with Gasteiger partial charge in [-0.1, -0.05) is 0 Å². The summed E-state index contributed by atoms with van der Waals surface area (Å²) in [5.41, 5.74) is 0.163.